The van der Waals surface area contributed by atoms with E-state index in [1.54, 1.807) is 24.4 Å². The molecule has 4 aromatic rings. The van der Waals surface area contributed by atoms with Gasteiger partial charge in [-0.15, -0.1) is 0 Å². The van der Waals surface area contributed by atoms with Crippen LogP contribution in [0.1, 0.15) is 29.5 Å². The lowest BCUT2D eigenvalue weighted by Crippen LogP contribution is -2.37. The summed E-state index contributed by atoms with van der Waals surface area (Å²) >= 11 is 13.1. The number of benzene rings is 2. The van der Waals surface area contributed by atoms with Crippen molar-refractivity contribution in [3.63, 3.8) is 0 Å². The Balaban J connectivity index is 1.30. The van der Waals surface area contributed by atoms with Crippen LogP contribution < -0.4 is 10.5 Å². The molecule has 0 atom stereocenters. The first-order valence-electron chi connectivity index (χ1n) is 13.3. The zero-order valence-electron chi connectivity index (χ0n) is 21.7. The highest BCUT2D eigenvalue weighted by atomic mass is 35.5. The highest BCUT2D eigenvalue weighted by Gasteiger charge is 2.33. The fraction of sp³-hybridized carbons (Fsp3) is 0.226. The molecule has 0 spiro atoms. The molecule has 9 heteroatoms. The standard InChI is InChI=1S/C31H27ClN4O2S2/c32-25-11-5-4-10-23(25)20-36-30(38)26(40-31(36)39)19-24-28(33-27-12-6-7-15-35(27)29(24)37)34-16-13-22(14-17-34)18-21-8-2-1-3-9-21/h1-12,15,19,22H,13-14,16-18,20H2/b26-19+. The summed E-state index contributed by atoms with van der Waals surface area (Å²) < 4.78 is 1.97. The first-order chi connectivity index (χ1) is 19.5. The maximum atomic E-state index is 13.8. The van der Waals surface area contributed by atoms with Crippen LogP contribution in [-0.2, 0) is 17.8 Å². The SMILES string of the molecule is O=C1/C(=C\c2c(N3CCC(Cc4ccccc4)CC3)nc3ccccn3c2=O)SC(=S)N1Cc1ccccc1Cl. The molecule has 1 amide bonds. The summed E-state index contributed by atoms with van der Waals surface area (Å²) in [5.74, 6) is 0.954. The van der Waals surface area contributed by atoms with Crippen molar-refractivity contribution in [1.29, 1.82) is 0 Å². The van der Waals surface area contributed by atoms with Gasteiger partial charge in [0.2, 0.25) is 0 Å². The zero-order valence-corrected chi connectivity index (χ0v) is 24.1. The number of aromatic nitrogens is 2. The van der Waals surface area contributed by atoms with Crippen molar-refractivity contribution in [2.75, 3.05) is 18.0 Å². The van der Waals surface area contributed by atoms with Gasteiger partial charge in [-0.25, -0.2) is 4.98 Å². The third kappa shape index (κ3) is 5.44. The van der Waals surface area contributed by atoms with Crippen LogP contribution in [0.5, 0.6) is 0 Å². The van der Waals surface area contributed by atoms with Gasteiger partial charge >= 0.3 is 0 Å². The molecule has 0 saturated carbocycles. The van der Waals surface area contributed by atoms with E-state index >= 15 is 0 Å². The minimum atomic E-state index is -0.236. The van der Waals surface area contributed by atoms with E-state index in [1.165, 1.54) is 26.6 Å². The lowest BCUT2D eigenvalue weighted by atomic mass is 9.90. The van der Waals surface area contributed by atoms with Crippen molar-refractivity contribution in [3.8, 4) is 0 Å². The first-order valence-corrected chi connectivity index (χ1v) is 14.9. The topological polar surface area (TPSA) is 57.9 Å². The van der Waals surface area contributed by atoms with Gasteiger partial charge < -0.3 is 4.90 Å². The third-order valence-corrected chi connectivity index (χ3v) is 9.21. The molecule has 0 bridgehead atoms. The molecular formula is C31H27ClN4O2S2. The number of anilines is 1. The van der Waals surface area contributed by atoms with Crippen LogP contribution in [0.2, 0.25) is 5.02 Å². The van der Waals surface area contributed by atoms with E-state index in [-0.39, 0.29) is 18.0 Å². The van der Waals surface area contributed by atoms with Crippen molar-refractivity contribution in [2.45, 2.75) is 25.8 Å². The summed E-state index contributed by atoms with van der Waals surface area (Å²) in [6, 6.07) is 23.5. The van der Waals surface area contributed by atoms with E-state index in [0.29, 0.717) is 37.2 Å². The Bertz CT molecular complexity index is 1680. The number of thiocarbonyl (C=S) groups is 1. The molecule has 6 nitrogen and oxygen atoms in total. The molecule has 6 rings (SSSR count). The van der Waals surface area contributed by atoms with Crippen LogP contribution in [0.4, 0.5) is 5.82 Å². The lowest BCUT2D eigenvalue weighted by molar-refractivity contribution is -0.122. The van der Waals surface area contributed by atoms with Crippen molar-refractivity contribution in [3.05, 3.63) is 116 Å². The minimum absolute atomic E-state index is 0.205. The smallest absolute Gasteiger partial charge is 0.267 e. The summed E-state index contributed by atoms with van der Waals surface area (Å²) in [5, 5.41) is 0.579. The lowest BCUT2D eigenvalue weighted by Gasteiger charge is -2.33. The van der Waals surface area contributed by atoms with E-state index in [2.05, 4.69) is 29.2 Å². The number of rotatable bonds is 6. The van der Waals surface area contributed by atoms with E-state index in [4.69, 9.17) is 28.8 Å². The molecule has 0 radical (unpaired) electrons. The van der Waals surface area contributed by atoms with Crippen LogP contribution >= 0.6 is 35.6 Å². The molecule has 0 unspecified atom stereocenters. The summed E-state index contributed by atoms with van der Waals surface area (Å²) in [6.07, 6.45) is 6.43. The van der Waals surface area contributed by atoms with Crippen LogP contribution in [0.3, 0.4) is 0 Å². The van der Waals surface area contributed by atoms with Crippen molar-refractivity contribution < 1.29 is 4.79 Å². The van der Waals surface area contributed by atoms with Gasteiger partial charge in [0.15, 0.2) is 0 Å². The predicted molar refractivity (Wildman–Crippen MR) is 167 cm³/mol. The van der Waals surface area contributed by atoms with Gasteiger partial charge in [0, 0.05) is 24.3 Å². The third-order valence-electron chi connectivity index (χ3n) is 7.47. The van der Waals surface area contributed by atoms with Crippen molar-refractivity contribution in [2.24, 2.45) is 5.92 Å². The summed E-state index contributed by atoms with van der Waals surface area (Å²) in [4.78, 5) is 36.3. The summed E-state index contributed by atoms with van der Waals surface area (Å²) in [6.45, 7) is 1.86. The normalized spacial score (nSPS) is 17.4. The summed E-state index contributed by atoms with van der Waals surface area (Å²) in [7, 11) is 0. The van der Waals surface area contributed by atoms with Gasteiger partial charge in [-0.3, -0.25) is 18.9 Å². The average Bonchev–Trinajstić information content (AvgIpc) is 3.24. The molecule has 202 valence electrons. The number of piperidine rings is 1. The Morgan fingerprint density at radius 1 is 0.975 bits per heavy atom. The second kappa shape index (κ2) is 11.6. The van der Waals surface area contributed by atoms with Gasteiger partial charge in [0.05, 0.1) is 17.0 Å². The molecule has 4 heterocycles. The van der Waals surface area contributed by atoms with Crippen LogP contribution in [-0.4, -0.2) is 37.6 Å². The second-order valence-electron chi connectivity index (χ2n) is 10.1. The molecule has 0 N–H and O–H groups in total. The van der Waals surface area contributed by atoms with Crippen molar-refractivity contribution >= 4 is 63.3 Å². The van der Waals surface area contributed by atoms with Gasteiger partial charge in [-0.05, 0) is 60.6 Å². The number of halogens is 1. The predicted octanol–water partition coefficient (Wildman–Crippen LogP) is 6.21. The Kier molecular flexibility index (Phi) is 7.74. The minimum Gasteiger partial charge on any atom is -0.356 e. The van der Waals surface area contributed by atoms with Crippen molar-refractivity contribution in [1.82, 2.24) is 14.3 Å². The zero-order chi connectivity index (χ0) is 27.6. The summed E-state index contributed by atoms with van der Waals surface area (Å²) in [5.41, 5.74) is 2.94. The maximum Gasteiger partial charge on any atom is 0.267 e. The molecule has 40 heavy (non-hydrogen) atoms. The Labute approximate surface area is 247 Å². The van der Waals surface area contributed by atoms with Gasteiger partial charge in [-0.1, -0.05) is 90.2 Å². The van der Waals surface area contributed by atoms with Crippen LogP contribution in [0, 0.1) is 5.92 Å². The van der Waals surface area contributed by atoms with Crippen LogP contribution in [0.25, 0.3) is 11.7 Å². The van der Waals surface area contributed by atoms with E-state index in [9.17, 15) is 9.59 Å². The molecule has 2 aliphatic heterocycles. The van der Waals surface area contributed by atoms with E-state index in [0.717, 1.165) is 37.9 Å². The fourth-order valence-corrected chi connectivity index (χ4v) is 6.75. The molecule has 2 aromatic carbocycles. The van der Waals surface area contributed by atoms with E-state index < -0.39 is 0 Å². The number of fused-ring (bicyclic) bond motifs is 1. The molecule has 2 aromatic heterocycles. The number of nitrogens with zero attached hydrogens (tertiary/aromatic N) is 4. The Morgan fingerprint density at radius 2 is 1.70 bits per heavy atom. The quantitative estimate of drug-likeness (QED) is 0.198. The highest BCUT2D eigenvalue weighted by Crippen LogP contribution is 2.36. The number of hydrogen-bond donors (Lipinski definition) is 0. The maximum absolute atomic E-state index is 13.8. The van der Waals surface area contributed by atoms with Crippen LogP contribution in [0.15, 0.2) is 88.7 Å². The number of carbonyl (C=O) groups excluding carboxylic acids is 1. The largest absolute Gasteiger partial charge is 0.356 e. The second-order valence-corrected chi connectivity index (χ2v) is 12.1. The van der Waals surface area contributed by atoms with Gasteiger partial charge in [0.25, 0.3) is 11.5 Å². The number of pyridine rings is 1. The fourth-order valence-electron chi connectivity index (χ4n) is 5.32. The number of carbonyl (C=O) groups is 1. The molecule has 2 aliphatic rings. The Morgan fingerprint density at radius 3 is 2.48 bits per heavy atom. The molecular weight excluding hydrogens is 560 g/mol. The number of thioether (sulfide) groups is 1. The van der Waals surface area contributed by atoms with Gasteiger partial charge in [-0.2, -0.15) is 0 Å². The highest BCUT2D eigenvalue weighted by molar-refractivity contribution is 8.26. The molecule has 0 aliphatic carbocycles. The molecule has 2 saturated heterocycles. The van der Waals surface area contributed by atoms with Gasteiger partial charge in [0.1, 0.15) is 15.8 Å². The monoisotopic (exact) mass is 586 g/mol. The Hall–Kier alpha value is -3.46. The van der Waals surface area contributed by atoms with E-state index in [1.807, 2.05) is 36.4 Å². The molecule has 2 fully saturated rings. The first kappa shape index (κ1) is 26.7. The average molecular weight is 587 g/mol. The number of amides is 1. The number of hydrogen-bond acceptors (Lipinski definition) is 6.